The van der Waals surface area contributed by atoms with Gasteiger partial charge >= 0.3 is 5.97 Å². The van der Waals surface area contributed by atoms with Crippen LogP contribution in [0.4, 0.5) is 0 Å². The molecule has 0 aliphatic rings. The average molecular weight is 420 g/mol. The van der Waals surface area contributed by atoms with Gasteiger partial charge in [0.25, 0.3) is 15.9 Å². The molecular weight excluding hydrogens is 396 g/mol. The number of amides is 1. The first-order valence-electron chi connectivity index (χ1n) is 8.82. The number of hydrogen-bond acceptors (Lipinski definition) is 6. The minimum absolute atomic E-state index is 0.0395. The lowest BCUT2D eigenvalue weighted by atomic mass is 10.1. The van der Waals surface area contributed by atoms with E-state index >= 15 is 0 Å². The van der Waals surface area contributed by atoms with E-state index in [1.165, 1.54) is 45.3 Å². The molecule has 0 saturated carbocycles. The molecule has 0 saturated heterocycles. The van der Waals surface area contributed by atoms with E-state index in [0.29, 0.717) is 11.0 Å². The number of carbonyl (C=O) groups is 2. The van der Waals surface area contributed by atoms with Gasteiger partial charge in [-0.05, 0) is 43.7 Å². The van der Waals surface area contributed by atoms with Gasteiger partial charge < -0.3 is 10.1 Å². The molecule has 0 spiro atoms. The van der Waals surface area contributed by atoms with Crippen LogP contribution in [0, 0.1) is 6.92 Å². The number of hydrogen-bond donors (Lipinski definition) is 1. The smallest absolute Gasteiger partial charge is 0.338 e. The summed E-state index contributed by atoms with van der Waals surface area (Å²) in [7, 11) is -1.32. The van der Waals surface area contributed by atoms with Crippen molar-refractivity contribution in [3.63, 3.8) is 0 Å². The molecule has 29 heavy (non-hydrogen) atoms. The van der Waals surface area contributed by atoms with Gasteiger partial charge in [0.05, 0.1) is 17.6 Å². The molecule has 1 amide bonds. The molecule has 8 nitrogen and oxygen atoms in total. The highest BCUT2D eigenvalue weighted by molar-refractivity contribution is 7.89. The molecular formula is C20H24N2O6S. The van der Waals surface area contributed by atoms with Crippen LogP contribution >= 0.6 is 0 Å². The average Bonchev–Trinajstić information content (AvgIpc) is 2.72. The van der Waals surface area contributed by atoms with E-state index in [-0.39, 0.29) is 10.5 Å². The Kier molecular flexibility index (Phi) is 7.49. The Morgan fingerprint density at radius 1 is 1.07 bits per heavy atom. The van der Waals surface area contributed by atoms with Crippen molar-refractivity contribution >= 4 is 21.9 Å². The third-order valence-electron chi connectivity index (χ3n) is 4.22. The molecule has 2 aromatic rings. The summed E-state index contributed by atoms with van der Waals surface area (Å²) >= 11 is 0. The fourth-order valence-corrected chi connectivity index (χ4v) is 3.30. The van der Waals surface area contributed by atoms with Gasteiger partial charge in [-0.3, -0.25) is 9.63 Å². The van der Waals surface area contributed by atoms with Crippen LogP contribution in [-0.2, 0) is 30.9 Å². The second-order valence-corrected chi connectivity index (χ2v) is 8.31. The Bertz CT molecular complexity index is 955. The first kappa shape index (κ1) is 22.5. The minimum atomic E-state index is -3.81. The number of benzene rings is 2. The highest BCUT2D eigenvalue weighted by atomic mass is 32.2. The zero-order valence-corrected chi connectivity index (χ0v) is 17.5. The third-order valence-corrected chi connectivity index (χ3v) is 5.92. The van der Waals surface area contributed by atoms with Gasteiger partial charge in [0.15, 0.2) is 6.10 Å². The molecule has 156 valence electrons. The molecule has 1 atom stereocenters. The molecule has 0 heterocycles. The molecule has 0 bridgehead atoms. The van der Waals surface area contributed by atoms with E-state index in [2.05, 4.69) is 5.32 Å². The fourth-order valence-electron chi connectivity index (χ4n) is 2.33. The number of hydroxylamine groups is 1. The zero-order chi connectivity index (χ0) is 21.6. The van der Waals surface area contributed by atoms with E-state index < -0.39 is 28.0 Å². The van der Waals surface area contributed by atoms with Crippen molar-refractivity contribution in [2.24, 2.45) is 0 Å². The topological polar surface area (TPSA) is 102 Å². The lowest BCUT2D eigenvalue weighted by Gasteiger charge is -2.15. The maximum absolute atomic E-state index is 12.2. The molecule has 1 N–H and O–H groups in total. The SMILES string of the molecule is CON(C)S(=O)(=O)c1ccc(C(=O)O[C@@H](C)C(=O)NCc2ccc(C)cc2)cc1. The maximum Gasteiger partial charge on any atom is 0.338 e. The molecule has 2 rings (SSSR count). The van der Waals surface area contributed by atoms with Gasteiger partial charge in [0.1, 0.15) is 0 Å². The summed E-state index contributed by atoms with van der Waals surface area (Å²) in [6.45, 7) is 3.76. The number of carbonyl (C=O) groups excluding carboxylic acids is 2. The molecule has 2 aromatic carbocycles. The Labute approximate surface area is 170 Å². The lowest BCUT2D eigenvalue weighted by molar-refractivity contribution is -0.129. The summed E-state index contributed by atoms with van der Waals surface area (Å²) in [6, 6.07) is 12.9. The molecule has 0 aliphatic heterocycles. The van der Waals surface area contributed by atoms with Crippen molar-refractivity contribution < 1.29 is 27.6 Å². The Morgan fingerprint density at radius 2 is 1.66 bits per heavy atom. The molecule has 0 fully saturated rings. The predicted octanol–water partition coefficient (Wildman–Crippen LogP) is 2.04. The summed E-state index contributed by atoms with van der Waals surface area (Å²) in [5.74, 6) is -1.16. The van der Waals surface area contributed by atoms with Crippen molar-refractivity contribution in [3.05, 3.63) is 65.2 Å². The Morgan fingerprint density at radius 3 is 2.21 bits per heavy atom. The Balaban J connectivity index is 1.94. The van der Waals surface area contributed by atoms with Crippen molar-refractivity contribution in [2.75, 3.05) is 14.2 Å². The van der Waals surface area contributed by atoms with Crippen LogP contribution in [0.3, 0.4) is 0 Å². The first-order chi connectivity index (χ1) is 13.6. The summed E-state index contributed by atoms with van der Waals surface area (Å²) < 4.78 is 30.2. The quantitative estimate of drug-likeness (QED) is 0.518. The van der Waals surface area contributed by atoms with Gasteiger partial charge in [0, 0.05) is 13.6 Å². The number of nitrogens with zero attached hydrogens (tertiary/aromatic N) is 1. The van der Waals surface area contributed by atoms with Crippen LogP contribution in [0.25, 0.3) is 0 Å². The summed E-state index contributed by atoms with van der Waals surface area (Å²) in [5.41, 5.74) is 2.18. The summed E-state index contributed by atoms with van der Waals surface area (Å²) in [6.07, 6.45) is -1.00. The molecule has 0 aromatic heterocycles. The Hall–Kier alpha value is -2.75. The highest BCUT2D eigenvalue weighted by Crippen LogP contribution is 2.16. The normalized spacial score (nSPS) is 12.4. The number of esters is 1. The summed E-state index contributed by atoms with van der Waals surface area (Å²) in [5, 5.41) is 2.71. The molecule has 0 radical (unpaired) electrons. The second kappa shape index (κ2) is 9.64. The van der Waals surface area contributed by atoms with E-state index in [1.807, 2.05) is 31.2 Å². The highest BCUT2D eigenvalue weighted by Gasteiger charge is 2.22. The van der Waals surface area contributed by atoms with E-state index in [1.54, 1.807) is 0 Å². The van der Waals surface area contributed by atoms with Gasteiger partial charge in [-0.25, -0.2) is 13.2 Å². The third kappa shape index (κ3) is 5.86. The van der Waals surface area contributed by atoms with E-state index in [0.717, 1.165) is 11.1 Å². The van der Waals surface area contributed by atoms with Crippen LogP contribution in [0.5, 0.6) is 0 Å². The van der Waals surface area contributed by atoms with Crippen molar-refractivity contribution in [2.45, 2.75) is 31.4 Å². The molecule has 9 heteroatoms. The zero-order valence-electron chi connectivity index (χ0n) is 16.7. The van der Waals surface area contributed by atoms with Crippen LogP contribution < -0.4 is 5.32 Å². The fraction of sp³-hybridized carbons (Fsp3) is 0.300. The van der Waals surface area contributed by atoms with Gasteiger partial charge in [-0.1, -0.05) is 34.3 Å². The van der Waals surface area contributed by atoms with E-state index in [4.69, 9.17) is 9.57 Å². The van der Waals surface area contributed by atoms with E-state index in [9.17, 15) is 18.0 Å². The largest absolute Gasteiger partial charge is 0.449 e. The minimum Gasteiger partial charge on any atom is -0.449 e. The van der Waals surface area contributed by atoms with Crippen LogP contribution in [0.1, 0.15) is 28.4 Å². The lowest BCUT2D eigenvalue weighted by Crippen LogP contribution is -2.35. The molecule has 0 aliphatic carbocycles. The second-order valence-electron chi connectivity index (χ2n) is 6.37. The van der Waals surface area contributed by atoms with Crippen molar-refractivity contribution in [1.82, 2.24) is 9.79 Å². The number of aryl methyl sites for hydroxylation is 1. The number of rotatable bonds is 8. The van der Waals surface area contributed by atoms with Gasteiger partial charge in [0.2, 0.25) is 0 Å². The van der Waals surface area contributed by atoms with Crippen LogP contribution in [0.2, 0.25) is 0 Å². The van der Waals surface area contributed by atoms with Crippen LogP contribution in [0.15, 0.2) is 53.4 Å². The number of ether oxygens (including phenoxy) is 1. The van der Waals surface area contributed by atoms with Gasteiger partial charge in [-0.15, -0.1) is 0 Å². The maximum atomic E-state index is 12.2. The summed E-state index contributed by atoms with van der Waals surface area (Å²) in [4.78, 5) is 29.0. The monoisotopic (exact) mass is 420 g/mol. The van der Waals surface area contributed by atoms with Crippen molar-refractivity contribution in [3.8, 4) is 0 Å². The van der Waals surface area contributed by atoms with Crippen LogP contribution in [-0.4, -0.2) is 45.0 Å². The number of nitrogens with one attached hydrogen (secondary N) is 1. The molecule has 0 unspecified atom stereocenters. The van der Waals surface area contributed by atoms with Crippen molar-refractivity contribution in [1.29, 1.82) is 0 Å². The standard InChI is InChI=1S/C20H24N2O6S/c1-14-5-7-16(8-6-14)13-21-19(23)15(2)28-20(24)17-9-11-18(12-10-17)29(25,26)22(3)27-4/h5-12,15H,13H2,1-4H3,(H,21,23)/t15-/m0/s1. The number of sulfonamides is 1. The first-order valence-corrected chi connectivity index (χ1v) is 10.3. The van der Waals surface area contributed by atoms with Gasteiger partial charge in [-0.2, -0.15) is 0 Å². The predicted molar refractivity (Wildman–Crippen MR) is 106 cm³/mol.